The Hall–Kier alpha value is -3.49. The van der Waals surface area contributed by atoms with E-state index >= 15 is 0 Å². The molecule has 0 spiro atoms. The second kappa shape index (κ2) is 7.58. The van der Waals surface area contributed by atoms with Gasteiger partial charge in [0.25, 0.3) is 0 Å². The first kappa shape index (κ1) is 20.4. The first-order valence-corrected chi connectivity index (χ1v) is 11.5. The van der Waals surface area contributed by atoms with Crippen molar-refractivity contribution < 1.29 is 12.8 Å². The van der Waals surface area contributed by atoms with Crippen molar-refractivity contribution in [1.29, 1.82) is 0 Å². The second-order valence-corrected chi connectivity index (χ2v) is 9.59. The minimum Gasteiger partial charge on any atom is -0.384 e. The van der Waals surface area contributed by atoms with Crippen molar-refractivity contribution in [1.82, 2.24) is 14.5 Å². The highest BCUT2D eigenvalue weighted by Crippen LogP contribution is 2.35. The number of nitrogen functional groups attached to an aromatic ring is 1. The molecule has 0 saturated heterocycles. The molecule has 0 aliphatic heterocycles. The number of nitrogens with zero attached hydrogens (tertiary/aromatic N) is 3. The van der Waals surface area contributed by atoms with E-state index in [-0.39, 0.29) is 27.7 Å². The maximum atomic E-state index is 13.5. The highest BCUT2D eigenvalue weighted by Gasteiger charge is 2.30. The third kappa shape index (κ3) is 3.37. The zero-order valence-electron chi connectivity index (χ0n) is 16.5. The summed E-state index contributed by atoms with van der Waals surface area (Å²) in [5.41, 5.74) is 8.94. The highest BCUT2D eigenvalue weighted by molar-refractivity contribution is 7.92. The van der Waals surface area contributed by atoms with Crippen LogP contribution in [-0.4, -0.2) is 23.0 Å². The minimum absolute atomic E-state index is 0.00887. The van der Waals surface area contributed by atoms with Crippen molar-refractivity contribution in [3.63, 3.8) is 0 Å². The molecule has 0 aliphatic rings. The summed E-state index contributed by atoms with van der Waals surface area (Å²) in [4.78, 5) is 9.03. The molecule has 2 aromatic heterocycles. The zero-order valence-corrected chi connectivity index (χ0v) is 18.1. The summed E-state index contributed by atoms with van der Waals surface area (Å²) in [6.07, 6.45) is 0. The lowest BCUT2D eigenvalue weighted by atomic mass is 10.2. The third-order valence-corrected chi connectivity index (χ3v) is 7.28. The van der Waals surface area contributed by atoms with E-state index in [0.717, 1.165) is 17.7 Å². The number of aromatic nitrogens is 3. The molecule has 2 N–H and O–H groups in total. The molecule has 5 aromatic rings. The number of fused-ring (bicyclic) bond motifs is 2. The van der Waals surface area contributed by atoms with Gasteiger partial charge in [-0.3, -0.25) is 0 Å². The average molecular weight is 467 g/mol. The first-order chi connectivity index (χ1) is 15.3. The van der Waals surface area contributed by atoms with E-state index < -0.39 is 15.7 Å². The Bertz CT molecular complexity index is 1580. The molecular formula is C23H16ClFN4O2S. The number of nitrogens with two attached hydrogens (primary N) is 1. The largest absolute Gasteiger partial charge is 0.384 e. The predicted molar refractivity (Wildman–Crippen MR) is 122 cm³/mol. The fourth-order valence-electron chi connectivity index (χ4n) is 3.62. The molecule has 6 nitrogen and oxygen atoms in total. The van der Waals surface area contributed by atoms with Gasteiger partial charge >= 0.3 is 0 Å². The normalized spacial score (nSPS) is 11.9. The lowest BCUT2D eigenvalue weighted by Crippen LogP contribution is -2.09. The summed E-state index contributed by atoms with van der Waals surface area (Å²) >= 11 is 5.99. The molecular weight excluding hydrogens is 451 g/mol. The molecule has 0 bridgehead atoms. The Labute approximate surface area is 188 Å². The molecule has 0 radical (unpaired) electrons. The zero-order chi connectivity index (χ0) is 22.5. The monoisotopic (exact) mass is 466 g/mol. The van der Waals surface area contributed by atoms with Gasteiger partial charge in [-0.1, -0.05) is 35.9 Å². The number of hydrogen-bond acceptors (Lipinski definition) is 5. The average Bonchev–Trinajstić information content (AvgIpc) is 3.05. The lowest BCUT2D eigenvalue weighted by molar-refractivity contribution is 0.595. The fraction of sp³-hybridized carbons (Fsp3) is 0.0435. The van der Waals surface area contributed by atoms with E-state index in [1.165, 1.54) is 12.1 Å². The van der Waals surface area contributed by atoms with Crippen LogP contribution in [0.25, 0.3) is 22.2 Å². The third-order valence-electron chi connectivity index (χ3n) is 5.19. The van der Waals surface area contributed by atoms with Gasteiger partial charge in [0.1, 0.15) is 22.0 Å². The Morgan fingerprint density at radius 1 is 0.906 bits per heavy atom. The smallest absolute Gasteiger partial charge is 0.212 e. The van der Waals surface area contributed by atoms with Crippen LogP contribution in [0.15, 0.2) is 82.6 Å². The molecule has 32 heavy (non-hydrogen) atoms. The number of anilines is 1. The van der Waals surface area contributed by atoms with Crippen LogP contribution in [0.3, 0.4) is 0 Å². The summed E-state index contributed by atoms with van der Waals surface area (Å²) in [5, 5.41) is 0.587. The molecule has 160 valence electrons. The van der Waals surface area contributed by atoms with Crippen molar-refractivity contribution >= 4 is 49.5 Å². The van der Waals surface area contributed by atoms with Gasteiger partial charge in [0.15, 0.2) is 5.65 Å². The van der Waals surface area contributed by atoms with Crippen molar-refractivity contribution in [2.45, 2.75) is 16.3 Å². The summed E-state index contributed by atoms with van der Waals surface area (Å²) in [5.74, 6) is -0.526. The molecule has 9 heteroatoms. The van der Waals surface area contributed by atoms with Gasteiger partial charge in [0.2, 0.25) is 9.84 Å². The fourth-order valence-corrected chi connectivity index (χ4v) is 5.25. The van der Waals surface area contributed by atoms with Gasteiger partial charge in [0.05, 0.1) is 22.5 Å². The lowest BCUT2D eigenvalue weighted by Gasteiger charge is -2.09. The van der Waals surface area contributed by atoms with Crippen LogP contribution in [-0.2, 0) is 16.4 Å². The standard InChI is InChI=1S/C23H16ClFN4O2S/c24-15-7-5-14(6-8-15)13-29-22(26)21(32(30,31)17-11-9-16(25)10-12-17)20-23(29)28-19-4-2-1-3-18(19)27-20/h1-12H,13,26H2. The van der Waals surface area contributed by atoms with Crippen molar-refractivity contribution in [3.05, 3.63) is 89.2 Å². The molecule has 0 amide bonds. The van der Waals surface area contributed by atoms with Gasteiger partial charge in [-0.05, 0) is 54.1 Å². The number of halogens is 2. The Morgan fingerprint density at radius 3 is 2.19 bits per heavy atom. The number of para-hydroxylation sites is 2. The van der Waals surface area contributed by atoms with E-state index in [2.05, 4.69) is 9.97 Å². The molecule has 3 aromatic carbocycles. The minimum atomic E-state index is -4.10. The summed E-state index contributed by atoms with van der Waals surface area (Å²) in [7, 11) is -4.10. The maximum absolute atomic E-state index is 13.5. The van der Waals surface area contributed by atoms with Crippen molar-refractivity contribution in [2.24, 2.45) is 0 Å². The second-order valence-electron chi connectivity index (χ2n) is 7.27. The van der Waals surface area contributed by atoms with Gasteiger partial charge in [0, 0.05) is 5.02 Å². The van der Waals surface area contributed by atoms with Crippen LogP contribution in [0, 0.1) is 5.82 Å². The number of rotatable bonds is 4. The Morgan fingerprint density at radius 2 is 1.53 bits per heavy atom. The van der Waals surface area contributed by atoms with Crippen LogP contribution in [0.5, 0.6) is 0 Å². The topological polar surface area (TPSA) is 90.9 Å². The van der Waals surface area contributed by atoms with E-state index in [9.17, 15) is 12.8 Å². The van der Waals surface area contributed by atoms with Crippen LogP contribution in [0.1, 0.15) is 5.56 Å². The number of hydrogen-bond donors (Lipinski definition) is 1. The summed E-state index contributed by atoms with van der Waals surface area (Å²) < 4.78 is 42.1. The van der Waals surface area contributed by atoms with E-state index in [4.69, 9.17) is 17.3 Å². The van der Waals surface area contributed by atoms with Crippen LogP contribution < -0.4 is 5.73 Å². The summed E-state index contributed by atoms with van der Waals surface area (Å²) in [6, 6.07) is 18.9. The van der Waals surface area contributed by atoms with Gasteiger partial charge < -0.3 is 10.3 Å². The Balaban J connectivity index is 1.80. The number of benzene rings is 3. The molecule has 0 fully saturated rings. The quantitative estimate of drug-likeness (QED) is 0.383. The highest BCUT2D eigenvalue weighted by atomic mass is 35.5. The van der Waals surface area contributed by atoms with Crippen molar-refractivity contribution in [2.75, 3.05) is 5.73 Å². The van der Waals surface area contributed by atoms with Crippen molar-refractivity contribution in [3.8, 4) is 0 Å². The first-order valence-electron chi connectivity index (χ1n) is 9.64. The number of sulfone groups is 1. The van der Waals surface area contributed by atoms with E-state index in [1.807, 2.05) is 18.2 Å². The maximum Gasteiger partial charge on any atom is 0.212 e. The molecule has 2 heterocycles. The molecule has 0 saturated carbocycles. The van der Waals surface area contributed by atoms with E-state index in [1.54, 1.807) is 34.9 Å². The SMILES string of the molecule is Nc1c(S(=O)(=O)c2ccc(F)cc2)c2nc3ccccc3nc2n1Cc1ccc(Cl)cc1. The van der Waals surface area contributed by atoms with Gasteiger partial charge in [-0.15, -0.1) is 0 Å². The summed E-state index contributed by atoms with van der Waals surface area (Å²) in [6.45, 7) is 0.269. The molecule has 0 aliphatic carbocycles. The molecule has 0 unspecified atom stereocenters. The molecule has 5 rings (SSSR count). The Kier molecular flexibility index (Phi) is 4.83. The molecule has 0 atom stereocenters. The van der Waals surface area contributed by atoms with Crippen LogP contribution in [0.2, 0.25) is 5.02 Å². The van der Waals surface area contributed by atoms with Gasteiger partial charge in [-0.2, -0.15) is 0 Å². The van der Waals surface area contributed by atoms with Crippen LogP contribution in [0.4, 0.5) is 10.2 Å². The van der Waals surface area contributed by atoms with Gasteiger partial charge in [-0.25, -0.2) is 22.8 Å². The van der Waals surface area contributed by atoms with E-state index in [0.29, 0.717) is 21.7 Å². The predicted octanol–water partition coefficient (Wildman–Crippen LogP) is 4.84. The van der Waals surface area contributed by atoms with Crippen LogP contribution >= 0.6 is 11.6 Å².